The van der Waals surface area contributed by atoms with Crippen LogP contribution in [0, 0.1) is 0 Å². The molecule has 3 aromatic carbocycles. The minimum atomic E-state index is -4.57. The molecule has 0 saturated carbocycles. The van der Waals surface area contributed by atoms with E-state index >= 15 is 0 Å². The number of ether oxygens (including phenoxy) is 1. The number of likely N-dealkylation sites (tertiary alicyclic amines) is 1. The second-order valence-electron chi connectivity index (χ2n) is 10.9. The Bertz CT molecular complexity index is 1470. The third-order valence-electron chi connectivity index (χ3n) is 8.08. The summed E-state index contributed by atoms with van der Waals surface area (Å²) in [6.07, 6.45) is -2.96. The summed E-state index contributed by atoms with van der Waals surface area (Å²) in [5.74, 6) is 0.240. The maximum Gasteiger partial charge on any atom is 0.416 e. The molecule has 3 aromatic rings. The van der Waals surface area contributed by atoms with Gasteiger partial charge in [0, 0.05) is 23.1 Å². The van der Waals surface area contributed by atoms with Gasteiger partial charge in [-0.1, -0.05) is 47.5 Å². The molecule has 0 spiro atoms. The Morgan fingerprint density at radius 3 is 2.12 bits per heavy atom. The van der Waals surface area contributed by atoms with Gasteiger partial charge in [-0.05, 0) is 93.5 Å². The molecule has 6 nitrogen and oxygen atoms in total. The van der Waals surface area contributed by atoms with E-state index in [0.29, 0.717) is 15.6 Å². The number of urea groups is 1. The standard InChI is InChI=1S/C32H33Cl2F3N4O2/c1-4-43-27-19-22(32(35,36)37)9-14-26(27)30-38-28(20-5-10-23(33)11-6-20)29(21-7-12-24(34)13-8-21)41(30)31(42)40(3)25-15-17-39(2)18-16-25/h5-14,19,25,28-29H,4,15-18H2,1-3H3. The van der Waals surface area contributed by atoms with Crippen molar-refractivity contribution in [2.75, 3.05) is 33.8 Å². The van der Waals surface area contributed by atoms with Crippen LogP contribution in [0.2, 0.25) is 10.0 Å². The Morgan fingerprint density at radius 2 is 1.56 bits per heavy atom. The molecule has 2 unspecified atom stereocenters. The van der Waals surface area contributed by atoms with E-state index in [1.807, 2.05) is 24.3 Å². The molecule has 43 heavy (non-hydrogen) atoms. The number of amides is 2. The lowest BCUT2D eigenvalue weighted by Gasteiger charge is -2.39. The van der Waals surface area contributed by atoms with E-state index in [-0.39, 0.29) is 30.3 Å². The van der Waals surface area contributed by atoms with Crippen LogP contribution in [-0.2, 0) is 6.18 Å². The molecule has 2 aliphatic rings. The van der Waals surface area contributed by atoms with E-state index in [1.165, 1.54) is 6.07 Å². The monoisotopic (exact) mass is 632 g/mol. The number of nitrogens with zero attached hydrogens (tertiary/aromatic N) is 4. The number of amidine groups is 1. The number of carbonyl (C=O) groups is 1. The Morgan fingerprint density at radius 1 is 0.977 bits per heavy atom. The predicted octanol–water partition coefficient (Wildman–Crippen LogP) is 8.10. The number of aliphatic imine (C=N–C) groups is 1. The van der Waals surface area contributed by atoms with Crippen molar-refractivity contribution in [3.8, 4) is 5.75 Å². The Balaban J connectivity index is 1.68. The Hall–Kier alpha value is -3.27. The highest BCUT2D eigenvalue weighted by Crippen LogP contribution is 2.46. The highest BCUT2D eigenvalue weighted by atomic mass is 35.5. The molecule has 5 rings (SSSR count). The van der Waals surface area contributed by atoms with E-state index in [4.69, 9.17) is 32.9 Å². The van der Waals surface area contributed by atoms with Gasteiger partial charge in [-0.3, -0.25) is 9.89 Å². The van der Waals surface area contributed by atoms with Crippen molar-refractivity contribution in [3.63, 3.8) is 0 Å². The second kappa shape index (κ2) is 12.8. The minimum Gasteiger partial charge on any atom is -0.493 e. The summed E-state index contributed by atoms with van der Waals surface area (Å²) in [5.41, 5.74) is 1.03. The summed E-state index contributed by atoms with van der Waals surface area (Å²) in [5, 5.41) is 1.08. The van der Waals surface area contributed by atoms with Crippen LogP contribution in [0.25, 0.3) is 0 Å². The van der Waals surface area contributed by atoms with Crippen LogP contribution in [-0.4, -0.2) is 66.4 Å². The molecule has 0 aliphatic carbocycles. The molecule has 0 N–H and O–H groups in total. The number of piperidine rings is 1. The molecular weight excluding hydrogens is 600 g/mol. The summed E-state index contributed by atoms with van der Waals surface area (Å²) < 4.78 is 46.9. The van der Waals surface area contributed by atoms with Gasteiger partial charge in [0.2, 0.25) is 0 Å². The molecule has 1 fully saturated rings. The van der Waals surface area contributed by atoms with Crippen LogP contribution < -0.4 is 4.74 Å². The van der Waals surface area contributed by atoms with E-state index in [1.54, 1.807) is 48.0 Å². The highest BCUT2D eigenvalue weighted by molar-refractivity contribution is 6.30. The average Bonchev–Trinajstić information content (AvgIpc) is 3.37. The van der Waals surface area contributed by atoms with Crippen molar-refractivity contribution in [2.24, 2.45) is 4.99 Å². The summed E-state index contributed by atoms with van der Waals surface area (Å²) >= 11 is 12.4. The van der Waals surface area contributed by atoms with Crippen molar-refractivity contribution >= 4 is 35.1 Å². The van der Waals surface area contributed by atoms with E-state index < -0.39 is 23.8 Å². The Kier molecular flexibility index (Phi) is 9.25. The molecule has 228 valence electrons. The van der Waals surface area contributed by atoms with Crippen LogP contribution in [0.15, 0.2) is 71.7 Å². The van der Waals surface area contributed by atoms with Gasteiger partial charge in [-0.25, -0.2) is 4.79 Å². The second-order valence-corrected chi connectivity index (χ2v) is 11.8. The van der Waals surface area contributed by atoms with Crippen LogP contribution in [0.5, 0.6) is 5.75 Å². The first kappa shape index (κ1) is 31.2. The van der Waals surface area contributed by atoms with Crippen molar-refractivity contribution in [2.45, 2.75) is 44.1 Å². The largest absolute Gasteiger partial charge is 0.493 e. The third-order valence-corrected chi connectivity index (χ3v) is 8.59. The third kappa shape index (κ3) is 6.64. The first-order valence-corrected chi connectivity index (χ1v) is 14.9. The first-order chi connectivity index (χ1) is 20.5. The molecule has 2 heterocycles. The molecule has 2 amide bonds. The van der Waals surface area contributed by atoms with Gasteiger partial charge in [0.15, 0.2) is 0 Å². The fourth-order valence-corrected chi connectivity index (χ4v) is 5.97. The molecular formula is C32H33Cl2F3N4O2. The average molecular weight is 634 g/mol. The smallest absolute Gasteiger partial charge is 0.416 e. The fraction of sp³-hybridized carbons (Fsp3) is 0.375. The van der Waals surface area contributed by atoms with Crippen LogP contribution in [0.1, 0.15) is 54.1 Å². The van der Waals surface area contributed by atoms with Gasteiger partial charge in [-0.2, -0.15) is 13.2 Å². The van der Waals surface area contributed by atoms with Crippen molar-refractivity contribution in [1.82, 2.24) is 14.7 Å². The lowest BCUT2D eigenvalue weighted by Crippen LogP contribution is -2.51. The van der Waals surface area contributed by atoms with Crippen LogP contribution in [0.4, 0.5) is 18.0 Å². The van der Waals surface area contributed by atoms with Gasteiger partial charge < -0.3 is 14.5 Å². The number of hydrogen-bond donors (Lipinski definition) is 0. The van der Waals surface area contributed by atoms with Gasteiger partial charge in [0.25, 0.3) is 0 Å². The van der Waals surface area contributed by atoms with Crippen molar-refractivity contribution < 1.29 is 22.7 Å². The van der Waals surface area contributed by atoms with E-state index in [9.17, 15) is 18.0 Å². The predicted molar refractivity (Wildman–Crippen MR) is 163 cm³/mol. The minimum absolute atomic E-state index is 0.00225. The summed E-state index contributed by atoms with van der Waals surface area (Å²) in [6.45, 7) is 3.53. The fourth-order valence-electron chi connectivity index (χ4n) is 5.72. The Labute approximate surface area is 259 Å². The maximum atomic E-state index is 14.6. The summed E-state index contributed by atoms with van der Waals surface area (Å²) in [7, 11) is 3.83. The molecule has 0 bridgehead atoms. The number of benzene rings is 3. The number of carbonyl (C=O) groups excluding carboxylic acids is 1. The number of rotatable bonds is 6. The van der Waals surface area contributed by atoms with E-state index in [0.717, 1.165) is 49.2 Å². The molecule has 2 atom stereocenters. The lowest BCUT2D eigenvalue weighted by atomic mass is 9.93. The molecule has 11 heteroatoms. The maximum absolute atomic E-state index is 14.6. The zero-order valence-corrected chi connectivity index (χ0v) is 25.6. The van der Waals surface area contributed by atoms with E-state index in [2.05, 4.69) is 11.9 Å². The summed E-state index contributed by atoms with van der Waals surface area (Å²) in [4.78, 5) is 25.2. The van der Waals surface area contributed by atoms with Crippen molar-refractivity contribution in [1.29, 1.82) is 0 Å². The molecule has 2 aliphatic heterocycles. The van der Waals surface area contributed by atoms with Crippen LogP contribution in [0.3, 0.4) is 0 Å². The topological polar surface area (TPSA) is 48.4 Å². The van der Waals surface area contributed by atoms with Gasteiger partial charge >= 0.3 is 12.2 Å². The van der Waals surface area contributed by atoms with Gasteiger partial charge in [0.05, 0.1) is 23.8 Å². The zero-order chi connectivity index (χ0) is 30.9. The molecule has 0 aromatic heterocycles. The number of halogens is 5. The SMILES string of the molecule is CCOc1cc(C(F)(F)F)ccc1C1=NC(c2ccc(Cl)cc2)C(c2ccc(Cl)cc2)N1C(=O)N(C)C1CCN(C)CC1. The number of alkyl halides is 3. The quantitative estimate of drug-likeness (QED) is 0.276. The zero-order valence-electron chi connectivity index (χ0n) is 24.1. The van der Waals surface area contributed by atoms with Gasteiger partial charge in [-0.15, -0.1) is 0 Å². The lowest BCUT2D eigenvalue weighted by molar-refractivity contribution is -0.137. The molecule has 1 saturated heterocycles. The van der Waals surface area contributed by atoms with Crippen molar-refractivity contribution in [3.05, 3.63) is 99.0 Å². The highest BCUT2D eigenvalue weighted by Gasteiger charge is 2.45. The summed E-state index contributed by atoms with van der Waals surface area (Å²) in [6, 6.07) is 16.2. The van der Waals surface area contributed by atoms with Gasteiger partial charge in [0.1, 0.15) is 17.6 Å². The van der Waals surface area contributed by atoms with Crippen LogP contribution >= 0.6 is 23.2 Å². The first-order valence-electron chi connectivity index (χ1n) is 14.2. The number of hydrogen-bond acceptors (Lipinski definition) is 4. The molecule has 0 radical (unpaired) electrons. The normalized spacial score (nSPS) is 19.8.